The van der Waals surface area contributed by atoms with Crippen LogP contribution in [0.2, 0.25) is 0 Å². The first kappa shape index (κ1) is 21.3. The van der Waals surface area contributed by atoms with E-state index in [0.717, 1.165) is 40.2 Å². The molecular formula is C24H28N2O4. The number of hydrogen-bond acceptors (Lipinski definition) is 4. The van der Waals surface area contributed by atoms with E-state index in [-0.39, 0.29) is 0 Å². The number of benzene rings is 2. The number of primary amides is 1. The van der Waals surface area contributed by atoms with E-state index >= 15 is 0 Å². The first-order chi connectivity index (χ1) is 14.4. The molecule has 1 heterocycles. The Bertz CT molecular complexity index is 1050. The number of aryl methyl sites for hydroxylation is 1. The van der Waals surface area contributed by atoms with Crippen molar-refractivity contribution < 1.29 is 19.0 Å². The summed E-state index contributed by atoms with van der Waals surface area (Å²) in [5, 5.41) is 0. The van der Waals surface area contributed by atoms with Crippen LogP contribution in [-0.2, 0) is 13.0 Å². The van der Waals surface area contributed by atoms with E-state index in [1.165, 1.54) is 0 Å². The summed E-state index contributed by atoms with van der Waals surface area (Å²) in [6.07, 6.45) is 0.775. The molecule has 0 bridgehead atoms. The molecule has 0 fully saturated rings. The lowest BCUT2D eigenvalue weighted by Gasteiger charge is -2.12. The molecule has 0 aliphatic heterocycles. The highest BCUT2D eigenvalue weighted by atomic mass is 16.5. The van der Waals surface area contributed by atoms with Crippen LogP contribution >= 0.6 is 0 Å². The number of hydrogen-bond donors (Lipinski definition) is 1. The van der Waals surface area contributed by atoms with Crippen molar-refractivity contribution >= 4 is 5.91 Å². The van der Waals surface area contributed by atoms with E-state index in [9.17, 15) is 4.79 Å². The molecule has 6 nitrogen and oxygen atoms in total. The van der Waals surface area contributed by atoms with Gasteiger partial charge in [-0.25, -0.2) is 0 Å². The predicted molar refractivity (Wildman–Crippen MR) is 118 cm³/mol. The summed E-state index contributed by atoms with van der Waals surface area (Å²) < 4.78 is 18.1. The number of nitrogens with two attached hydrogens (primary N) is 1. The van der Waals surface area contributed by atoms with Crippen molar-refractivity contribution in [3.05, 3.63) is 65.0 Å². The van der Waals surface area contributed by atoms with Gasteiger partial charge in [-0.3, -0.25) is 4.79 Å². The average molecular weight is 408 g/mol. The minimum absolute atomic E-state index is 0.425. The Balaban J connectivity index is 1.96. The van der Waals surface area contributed by atoms with E-state index in [1.54, 1.807) is 21.3 Å². The molecule has 0 atom stereocenters. The molecule has 0 saturated carbocycles. The van der Waals surface area contributed by atoms with Crippen LogP contribution in [0, 0.1) is 13.8 Å². The van der Waals surface area contributed by atoms with E-state index in [1.807, 2.05) is 56.3 Å². The zero-order valence-electron chi connectivity index (χ0n) is 18.1. The van der Waals surface area contributed by atoms with Crippen molar-refractivity contribution in [1.82, 2.24) is 4.57 Å². The summed E-state index contributed by atoms with van der Waals surface area (Å²) in [6.45, 7) is 4.67. The summed E-state index contributed by atoms with van der Waals surface area (Å²) in [6, 6.07) is 13.6. The molecule has 2 N–H and O–H groups in total. The quantitative estimate of drug-likeness (QED) is 0.608. The van der Waals surface area contributed by atoms with Crippen LogP contribution in [0.15, 0.2) is 42.5 Å². The first-order valence-electron chi connectivity index (χ1n) is 9.76. The van der Waals surface area contributed by atoms with Crippen LogP contribution in [0.5, 0.6) is 17.2 Å². The standard InChI is InChI=1S/C24H28N2O4/c1-15-22(18-7-9-19(28-3)10-8-18)23(24(25)27)16(2)26(15)13-12-17-6-11-20(29-4)21(14-17)30-5/h6-11,14H,12-13H2,1-5H3,(H2,25,27). The number of carbonyl (C=O) groups excluding carboxylic acids is 1. The summed E-state index contributed by atoms with van der Waals surface area (Å²) in [4.78, 5) is 12.3. The lowest BCUT2D eigenvalue weighted by Crippen LogP contribution is -2.14. The van der Waals surface area contributed by atoms with Gasteiger partial charge in [-0.05, 0) is 55.7 Å². The van der Waals surface area contributed by atoms with Crippen molar-refractivity contribution in [3.63, 3.8) is 0 Å². The van der Waals surface area contributed by atoms with Gasteiger partial charge >= 0.3 is 0 Å². The van der Waals surface area contributed by atoms with Gasteiger partial charge in [0.05, 0.1) is 26.9 Å². The molecule has 158 valence electrons. The number of ether oxygens (including phenoxy) is 3. The van der Waals surface area contributed by atoms with Crippen molar-refractivity contribution in [3.8, 4) is 28.4 Å². The third kappa shape index (κ3) is 3.99. The molecule has 3 rings (SSSR count). The Morgan fingerprint density at radius 3 is 2.13 bits per heavy atom. The summed E-state index contributed by atoms with van der Waals surface area (Å²) in [5.74, 6) is 1.74. The molecule has 0 radical (unpaired) electrons. The zero-order valence-corrected chi connectivity index (χ0v) is 18.1. The van der Waals surface area contributed by atoms with Crippen LogP contribution in [0.4, 0.5) is 0 Å². The Hall–Kier alpha value is -3.41. The molecular weight excluding hydrogens is 380 g/mol. The molecule has 6 heteroatoms. The van der Waals surface area contributed by atoms with Gasteiger partial charge in [0, 0.05) is 23.5 Å². The SMILES string of the molecule is COc1ccc(-c2c(C(N)=O)c(C)n(CCc3ccc(OC)c(OC)c3)c2C)cc1. The first-order valence-corrected chi connectivity index (χ1v) is 9.76. The Kier molecular flexibility index (Phi) is 6.35. The van der Waals surface area contributed by atoms with Crippen LogP contribution in [-0.4, -0.2) is 31.8 Å². The molecule has 0 unspecified atom stereocenters. The maximum atomic E-state index is 12.3. The molecule has 2 aromatic carbocycles. The van der Waals surface area contributed by atoms with Crippen LogP contribution in [0.1, 0.15) is 27.3 Å². The molecule has 3 aromatic rings. The minimum atomic E-state index is -0.425. The highest BCUT2D eigenvalue weighted by molar-refractivity contribution is 6.02. The fraction of sp³-hybridized carbons (Fsp3) is 0.292. The van der Waals surface area contributed by atoms with Crippen LogP contribution < -0.4 is 19.9 Å². The molecule has 30 heavy (non-hydrogen) atoms. The van der Waals surface area contributed by atoms with Crippen LogP contribution in [0.25, 0.3) is 11.1 Å². The second-order valence-corrected chi connectivity index (χ2v) is 7.10. The van der Waals surface area contributed by atoms with Gasteiger partial charge in [-0.15, -0.1) is 0 Å². The van der Waals surface area contributed by atoms with Crippen molar-refractivity contribution in [2.45, 2.75) is 26.8 Å². The summed E-state index contributed by atoms with van der Waals surface area (Å²) in [5.41, 5.74) is 11.1. The van der Waals surface area contributed by atoms with Crippen LogP contribution in [0.3, 0.4) is 0 Å². The van der Waals surface area contributed by atoms with Crippen molar-refractivity contribution in [1.29, 1.82) is 0 Å². The highest BCUT2D eigenvalue weighted by Gasteiger charge is 2.22. The lowest BCUT2D eigenvalue weighted by atomic mass is 10.00. The number of methoxy groups -OCH3 is 3. The van der Waals surface area contributed by atoms with Gasteiger partial charge in [0.2, 0.25) is 0 Å². The third-order valence-electron chi connectivity index (χ3n) is 5.48. The highest BCUT2D eigenvalue weighted by Crippen LogP contribution is 2.34. The number of rotatable bonds is 8. The largest absolute Gasteiger partial charge is 0.497 e. The van der Waals surface area contributed by atoms with Gasteiger partial charge in [-0.1, -0.05) is 18.2 Å². The monoisotopic (exact) mass is 408 g/mol. The van der Waals surface area contributed by atoms with E-state index in [2.05, 4.69) is 4.57 Å². The van der Waals surface area contributed by atoms with Crippen molar-refractivity contribution in [2.24, 2.45) is 5.73 Å². The zero-order chi connectivity index (χ0) is 21.8. The predicted octanol–water partition coefficient (Wildman–Crippen LogP) is 4.14. The number of carbonyl (C=O) groups is 1. The van der Waals surface area contributed by atoms with Gasteiger partial charge in [0.25, 0.3) is 5.91 Å². The molecule has 0 aliphatic carbocycles. The van der Waals surface area contributed by atoms with Gasteiger partial charge in [-0.2, -0.15) is 0 Å². The number of aromatic nitrogens is 1. The average Bonchev–Trinajstić information content (AvgIpc) is 3.01. The minimum Gasteiger partial charge on any atom is -0.497 e. The molecule has 0 saturated heterocycles. The number of nitrogens with zero attached hydrogens (tertiary/aromatic N) is 1. The van der Waals surface area contributed by atoms with Gasteiger partial charge in [0.15, 0.2) is 11.5 Å². The summed E-state index contributed by atoms with van der Waals surface area (Å²) in [7, 11) is 4.88. The second kappa shape index (κ2) is 8.95. The van der Waals surface area contributed by atoms with E-state index in [4.69, 9.17) is 19.9 Å². The maximum absolute atomic E-state index is 12.3. The van der Waals surface area contributed by atoms with Gasteiger partial charge in [0.1, 0.15) is 5.75 Å². The second-order valence-electron chi connectivity index (χ2n) is 7.10. The summed E-state index contributed by atoms with van der Waals surface area (Å²) >= 11 is 0. The lowest BCUT2D eigenvalue weighted by molar-refractivity contribution is 0.1000. The van der Waals surface area contributed by atoms with Gasteiger partial charge < -0.3 is 24.5 Å². The fourth-order valence-corrected chi connectivity index (χ4v) is 3.91. The molecule has 1 aromatic heterocycles. The smallest absolute Gasteiger partial charge is 0.251 e. The Morgan fingerprint density at radius 1 is 0.900 bits per heavy atom. The normalized spacial score (nSPS) is 10.7. The van der Waals surface area contributed by atoms with E-state index in [0.29, 0.717) is 23.6 Å². The maximum Gasteiger partial charge on any atom is 0.251 e. The molecule has 1 amide bonds. The van der Waals surface area contributed by atoms with Crippen molar-refractivity contribution in [2.75, 3.05) is 21.3 Å². The van der Waals surface area contributed by atoms with E-state index < -0.39 is 5.91 Å². The molecule has 0 aliphatic rings. The Morgan fingerprint density at radius 2 is 1.57 bits per heavy atom. The number of amides is 1. The molecule has 0 spiro atoms. The third-order valence-corrected chi connectivity index (χ3v) is 5.48. The Labute approximate surface area is 177 Å². The topological polar surface area (TPSA) is 75.7 Å². The fourth-order valence-electron chi connectivity index (χ4n) is 3.91.